The average molecular weight is 636 g/mol. The van der Waals surface area contributed by atoms with Gasteiger partial charge in [0.05, 0.1) is 43.4 Å². The Bertz CT molecular complexity index is 1730. The number of methoxy groups -OCH3 is 2. The number of carbonyl (C=O) groups excluding carboxylic acids is 1. The fourth-order valence-corrected chi connectivity index (χ4v) is 5.48. The molecule has 1 atom stereocenters. The topological polar surface area (TPSA) is 104 Å². The van der Waals surface area contributed by atoms with Crippen molar-refractivity contribution in [2.45, 2.75) is 65.1 Å². The van der Waals surface area contributed by atoms with Crippen LogP contribution in [0.15, 0.2) is 63.0 Å². The van der Waals surface area contributed by atoms with Crippen molar-refractivity contribution in [2.24, 2.45) is 5.10 Å². The first-order chi connectivity index (χ1) is 19.9. The first-order valence-corrected chi connectivity index (χ1v) is 14.6. The van der Waals surface area contributed by atoms with Crippen LogP contribution in [-0.4, -0.2) is 50.4 Å². The SMILES string of the molecule is COc1ccc(C2CC(c3ccc(Br)cc3)=NN2C(=O)Cn2nc(C(C)C)c3cnn(C(C)(C)C)c3c2=O)cc1OC. The van der Waals surface area contributed by atoms with Crippen LogP contribution < -0.4 is 15.0 Å². The van der Waals surface area contributed by atoms with Crippen LogP contribution in [-0.2, 0) is 16.9 Å². The quantitative estimate of drug-likeness (QED) is 0.261. The molecule has 0 radical (unpaired) electrons. The summed E-state index contributed by atoms with van der Waals surface area (Å²) < 4.78 is 14.9. The van der Waals surface area contributed by atoms with Crippen LogP contribution in [0.25, 0.3) is 10.9 Å². The average Bonchev–Trinajstić information content (AvgIpc) is 3.60. The molecule has 0 saturated heterocycles. The summed E-state index contributed by atoms with van der Waals surface area (Å²) in [7, 11) is 3.15. The molecule has 0 bridgehead atoms. The van der Waals surface area contributed by atoms with E-state index in [9.17, 15) is 9.59 Å². The summed E-state index contributed by atoms with van der Waals surface area (Å²) in [6.45, 7) is 9.70. The number of hydrogen-bond acceptors (Lipinski definition) is 7. The van der Waals surface area contributed by atoms with Gasteiger partial charge in [0, 0.05) is 16.3 Å². The predicted molar refractivity (Wildman–Crippen MR) is 165 cm³/mol. The zero-order valence-electron chi connectivity index (χ0n) is 24.9. The highest BCUT2D eigenvalue weighted by atomic mass is 79.9. The Morgan fingerprint density at radius 2 is 1.76 bits per heavy atom. The van der Waals surface area contributed by atoms with E-state index in [0.717, 1.165) is 21.3 Å². The maximum absolute atomic E-state index is 14.0. The zero-order chi connectivity index (χ0) is 30.3. The molecule has 10 nitrogen and oxygen atoms in total. The Morgan fingerprint density at radius 3 is 2.38 bits per heavy atom. The third kappa shape index (κ3) is 5.45. The minimum atomic E-state index is -0.435. The number of amides is 1. The lowest BCUT2D eigenvalue weighted by molar-refractivity contribution is -0.133. The molecule has 11 heteroatoms. The highest BCUT2D eigenvalue weighted by Gasteiger charge is 2.34. The standard InChI is InChI=1S/C31H35BrN6O4/c1-18(2)28-22-16-33-38(31(3,4)5)29(22)30(40)36(35-28)17-27(39)37-24(20-10-13-25(41-6)26(14-20)42-7)15-23(34-37)19-8-11-21(32)12-9-19/h8-14,16,18,24H,15,17H2,1-7H3. The normalized spacial score (nSPS) is 15.4. The minimum absolute atomic E-state index is 0.0143. The van der Waals surface area contributed by atoms with Crippen LogP contribution in [0.5, 0.6) is 11.5 Å². The van der Waals surface area contributed by atoms with Gasteiger partial charge in [-0.1, -0.05) is 48.0 Å². The van der Waals surface area contributed by atoms with E-state index in [4.69, 9.17) is 14.6 Å². The Kier molecular flexibility index (Phi) is 7.98. The van der Waals surface area contributed by atoms with Crippen LogP contribution in [0.1, 0.15) is 69.8 Å². The van der Waals surface area contributed by atoms with Crippen molar-refractivity contribution in [1.29, 1.82) is 0 Å². The van der Waals surface area contributed by atoms with E-state index in [-0.39, 0.29) is 23.9 Å². The fraction of sp³-hybridized carbons (Fsp3) is 0.387. The molecule has 0 fully saturated rings. The molecule has 0 N–H and O–H groups in total. The smallest absolute Gasteiger partial charge is 0.293 e. The number of fused-ring (bicyclic) bond motifs is 1. The van der Waals surface area contributed by atoms with Gasteiger partial charge in [-0.05, 0) is 62.1 Å². The second kappa shape index (κ2) is 11.4. The minimum Gasteiger partial charge on any atom is -0.493 e. The highest BCUT2D eigenvalue weighted by molar-refractivity contribution is 9.10. The van der Waals surface area contributed by atoms with E-state index < -0.39 is 11.6 Å². The summed E-state index contributed by atoms with van der Waals surface area (Å²) >= 11 is 3.48. The van der Waals surface area contributed by atoms with E-state index in [1.54, 1.807) is 25.1 Å². The van der Waals surface area contributed by atoms with Gasteiger partial charge in [-0.25, -0.2) is 9.69 Å². The van der Waals surface area contributed by atoms with Crippen LogP contribution >= 0.6 is 15.9 Å². The molecule has 0 aliphatic carbocycles. The van der Waals surface area contributed by atoms with Gasteiger partial charge in [0.1, 0.15) is 12.1 Å². The van der Waals surface area contributed by atoms with Gasteiger partial charge in [0.2, 0.25) is 0 Å². The number of hydrazone groups is 1. The molecular formula is C31H35BrN6O4. The lowest BCUT2D eigenvalue weighted by Gasteiger charge is -2.24. The lowest BCUT2D eigenvalue weighted by atomic mass is 9.98. The first kappa shape index (κ1) is 29.5. The number of rotatable bonds is 7. The van der Waals surface area contributed by atoms with Gasteiger partial charge in [0.25, 0.3) is 11.5 Å². The Labute approximate surface area is 253 Å². The van der Waals surface area contributed by atoms with Crippen LogP contribution in [0.4, 0.5) is 0 Å². The molecule has 42 heavy (non-hydrogen) atoms. The Hall–Kier alpha value is -3.99. The third-order valence-electron chi connectivity index (χ3n) is 7.31. The van der Waals surface area contributed by atoms with E-state index in [2.05, 4.69) is 26.1 Å². The number of carbonyl (C=O) groups is 1. The van der Waals surface area contributed by atoms with Crippen molar-refractivity contribution in [3.8, 4) is 11.5 Å². The van der Waals surface area contributed by atoms with Gasteiger partial charge in [-0.15, -0.1) is 0 Å². The van der Waals surface area contributed by atoms with Crippen molar-refractivity contribution in [3.63, 3.8) is 0 Å². The molecule has 2 aromatic carbocycles. The summed E-state index contributed by atoms with van der Waals surface area (Å²) in [6, 6.07) is 13.0. The number of hydrogen-bond donors (Lipinski definition) is 0. The fourth-order valence-electron chi connectivity index (χ4n) is 5.21. The van der Waals surface area contributed by atoms with Gasteiger partial charge in [-0.3, -0.25) is 14.3 Å². The number of aromatic nitrogens is 4. The highest BCUT2D eigenvalue weighted by Crippen LogP contribution is 2.37. The predicted octanol–water partition coefficient (Wildman–Crippen LogP) is 5.63. The number of halogens is 1. The summed E-state index contributed by atoms with van der Waals surface area (Å²) in [5.41, 5.74) is 2.86. The van der Waals surface area contributed by atoms with Gasteiger partial charge in [-0.2, -0.15) is 15.3 Å². The summed E-state index contributed by atoms with van der Waals surface area (Å²) in [4.78, 5) is 27.8. The van der Waals surface area contributed by atoms with Gasteiger partial charge in [0.15, 0.2) is 11.5 Å². The van der Waals surface area contributed by atoms with Gasteiger partial charge < -0.3 is 9.47 Å². The molecule has 1 aliphatic rings. The zero-order valence-corrected chi connectivity index (χ0v) is 26.5. The first-order valence-electron chi connectivity index (χ1n) is 13.8. The molecule has 5 rings (SSSR count). The van der Waals surface area contributed by atoms with Crippen molar-refractivity contribution in [1.82, 2.24) is 24.6 Å². The maximum atomic E-state index is 14.0. The number of ether oxygens (including phenoxy) is 2. The monoisotopic (exact) mass is 634 g/mol. The lowest BCUT2D eigenvalue weighted by Crippen LogP contribution is -2.37. The van der Waals surface area contributed by atoms with Crippen molar-refractivity contribution < 1.29 is 14.3 Å². The molecule has 1 unspecified atom stereocenters. The van der Waals surface area contributed by atoms with E-state index in [1.165, 1.54) is 9.69 Å². The van der Waals surface area contributed by atoms with Gasteiger partial charge >= 0.3 is 0 Å². The Balaban J connectivity index is 1.58. The molecular weight excluding hydrogens is 600 g/mol. The van der Waals surface area contributed by atoms with Crippen LogP contribution in [0, 0.1) is 0 Å². The number of benzene rings is 2. The third-order valence-corrected chi connectivity index (χ3v) is 7.84. The summed E-state index contributed by atoms with van der Waals surface area (Å²) in [6.07, 6.45) is 2.18. The number of nitrogens with zero attached hydrogens (tertiary/aromatic N) is 6. The largest absolute Gasteiger partial charge is 0.493 e. The summed E-state index contributed by atoms with van der Waals surface area (Å²) in [5.74, 6) is 0.805. The molecule has 220 valence electrons. The molecule has 0 spiro atoms. The molecule has 1 amide bonds. The molecule has 2 aromatic heterocycles. The molecule has 3 heterocycles. The Morgan fingerprint density at radius 1 is 1.07 bits per heavy atom. The molecule has 4 aromatic rings. The maximum Gasteiger partial charge on any atom is 0.293 e. The van der Waals surface area contributed by atoms with E-state index >= 15 is 0 Å². The van der Waals surface area contributed by atoms with E-state index in [0.29, 0.717) is 34.5 Å². The second-order valence-corrected chi connectivity index (χ2v) is 12.5. The van der Waals surface area contributed by atoms with E-state index in [1.807, 2.05) is 77.1 Å². The summed E-state index contributed by atoms with van der Waals surface area (Å²) in [5, 5.41) is 16.1. The van der Waals surface area contributed by atoms with Crippen LogP contribution in [0.2, 0.25) is 0 Å². The second-order valence-electron chi connectivity index (χ2n) is 11.6. The molecule has 0 saturated carbocycles. The van der Waals surface area contributed by atoms with Crippen molar-refractivity contribution in [3.05, 3.63) is 80.3 Å². The van der Waals surface area contributed by atoms with Crippen molar-refractivity contribution >= 4 is 38.5 Å². The molecule has 1 aliphatic heterocycles. The van der Waals surface area contributed by atoms with Crippen molar-refractivity contribution in [2.75, 3.05) is 14.2 Å². The van der Waals surface area contributed by atoms with Crippen LogP contribution in [0.3, 0.4) is 0 Å².